The van der Waals surface area contributed by atoms with Gasteiger partial charge in [0.05, 0.1) is 19.4 Å². The Balaban J connectivity index is 4.42. The number of ether oxygens (including phenoxy) is 4. The van der Waals surface area contributed by atoms with Crippen molar-refractivity contribution in [1.82, 2.24) is 0 Å². The second-order valence-corrected chi connectivity index (χ2v) is 5.70. The van der Waals surface area contributed by atoms with Crippen molar-refractivity contribution in [2.24, 2.45) is 0 Å². The maximum absolute atomic E-state index is 11.9. The lowest BCUT2D eigenvalue weighted by Gasteiger charge is -2.18. The zero-order valence-corrected chi connectivity index (χ0v) is 15.9. The van der Waals surface area contributed by atoms with Gasteiger partial charge in [-0.1, -0.05) is 20.8 Å². The van der Waals surface area contributed by atoms with Crippen LogP contribution in [0.3, 0.4) is 0 Å². The van der Waals surface area contributed by atoms with Gasteiger partial charge in [-0.15, -0.1) is 0 Å². The number of carbonyl (C=O) groups is 4. The van der Waals surface area contributed by atoms with Gasteiger partial charge in [-0.3, -0.25) is 19.2 Å². The van der Waals surface area contributed by atoms with Crippen LogP contribution in [-0.4, -0.2) is 49.8 Å². The first-order valence-electron chi connectivity index (χ1n) is 9.09. The van der Waals surface area contributed by atoms with Gasteiger partial charge in [-0.25, -0.2) is 0 Å². The predicted octanol–water partition coefficient (Wildman–Crippen LogP) is 2.32. The van der Waals surface area contributed by atoms with Crippen LogP contribution in [0.25, 0.3) is 0 Å². The molecule has 0 N–H and O–H groups in total. The van der Waals surface area contributed by atoms with E-state index in [4.69, 9.17) is 18.9 Å². The van der Waals surface area contributed by atoms with Crippen molar-refractivity contribution in [3.8, 4) is 0 Å². The van der Waals surface area contributed by atoms with Gasteiger partial charge in [-0.05, 0) is 19.3 Å². The molecule has 0 amide bonds. The summed E-state index contributed by atoms with van der Waals surface area (Å²) in [5, 5.41) is 0. The van der Waals surface area contributed by atoms with Gasteiger partial charge in [0.25, 0.3) is 0 Å². The van der Waals surface area contributed by atoms with E-state index in [2.05, 4.69) is 0 Å². The molecule has 0 rings (SSSR count). The summed E-state index contributed by atoms with van der Waals surface area (Å²) in [5.74, 6) is -1.97. The molecule has 0 aromatic heterocycles. The van der Waals surface area contributed by atoms with Crippen LogP contribution >= 0.6 is 0 Å². The van der Waals surface area contributed by atoms with Crippen LogP contribution in [-0.2, 0) is 38.1 Å². The molecule has 8 heteroatoms. The molecule has 0 fully saturated rings. The van der Waals surface area contributed by atoms with E-state index in [9.17, 15) is 19.2 Å². The van der Waals surface area contributed by atoms with Crippen molar-refractivity contribution < 1.29 is 38.1 Å². The minimum Gasteiger partial charge on any atom is -0.466 e. The molecular formula is C18H30O8. The van der Waals surface area contributed by atoms with Crippen LogP contribution in [0, 0.1) is 0 Å². The van der Waals surface area contributed by atoms with Crippen molar-refractivity contribution in [2.75, 3.05) is 19.8 Å². The first-order valence-corrected chi connectivity index (χ1v) is 9.09. The Bertz CT molecular complexity index is 424. The first kappa shape index (κ1) is 23.9. The lowest BCUT2D eigenvalue weighted by molar-refractivity contribution is -0.167. The van der Waals surface area contributed by atoms with Gasteiger partial charge < -0.3 is 18.9 Å². The molecule has 0 aliphatic carbocycles. The highest BCUT2D eigenvalue weighted by Gasteiger charge is 2.20. The second kappa shape index (κ2) is 15.2. The monoisotopic (exact) mass is 374 g/mol. The van der Waals surface area contributed by atoms with E-state index < -0.39 is 30.0 Å². The highest BCUT2D eigenvalue weighted by Crippen LogP contribution is 2.04. The summed E-state index contributed by atoms with van der Waals surface area (Å²) in [6, 6.07) is 0. The molecule has 0 saturated heterocycles. The second-order valence-electron chi connectivity index (χ2n) is 5.70. The molecule has 0 atom stereocenters. The summed E-state index contributed by atoms with van der Waals surface area (Å²) in [4.78, 5) is 46.2. The minimum atomic E-state index is -0.907. The highest BCUT2D eigenvalue weighted by molar-refractivity contribution is 5.77. The minimum absolute atomic E-state index is 0.100. The molecule has 26 heavy (non-hydrogen) atoms. The SMILES string of the molecule is CCCOC(=O)CCC(=O)OC(COC(=O)CCC)COC(=O)CCC. The van der Waals surface area contributed by atoms with Crippen LogP contribution in [0.15, 0.2) is 0 Å². The number of hydrogen-bond acceptors (Lipinski definition) is 8. The molecule has 0 aromatic carbocycles. The van der Waals surface area contributed by atoms with E-state index >= 15 is 0 Å². The lowest BCUT2D eigenvalue weighted by atomic mass is 10.3. The van der Waals surface area contributed by atoms with E-state index in [-0.39, 0.29) is 38.9 Å². The molecule has 0 heterocycles. The fourth-order valence-corrected chi connectivity index (χ4v) is 1.78. The quantitative estimate of drug-likeness (QED) is 0.337. The first-order chi connectivity index (χ1) is 12.4. The van der Waals surface area contributed by atoms with Gasteiger partial charge in [0.1, 0.15) is 13.2 Å². The van der Waals surface area contributed by atoms with Crippen molar-refractivity contribution in [3.63, 3.8) is 0 Å². The van der Waals surface area contributed by atoms with E-state index in [1.165, 1.54) is 0 Å². The van der Waals surface area contributed by atoms with Crippen molar-refractivity contribution in [3.05, 3.63) is 0 Å². The molecule has 0 aliphatic rings. The Morgan fingerprint density at radius 3 is 1.54 bits per heavy atom. The van der Waals surface area contributed by atoms with Gasteiger partial charge >= 0.3 is 23.9 Å². The third-order valence-electron chi connectivity index (χ3n) is 3.07. The molecule has 0 saturated carbocycles. The number of rotatable bonds is 14. The number of carbonyl (C=O) groups excluding carboxylic acids is 4. The normalized spacial score (nSPS) is 10.3. The van der Waals surface area contributed by atoms with Crippen LogP contribution in [0.1, 0.15) is 65.7 Å². The van der Waals surface area contributed by atoms with Crippen molar-refractivity contribution in [1.29, 1.82) is 0 Å². The topological polar surface area (TPSA) is 105 Å². The molecule has 0 aromatic rings. The summed E-state index contributed by atoms with van der Waals surface area (Å²) < 4.78 is 20.1. The molecule has 0 unspecified atom stereocenters. The summed E-state index contributed by atoms with van der Waals surface area (Å²) in [7, 11) is 0. The van der Waals surface area contributed by atoms with Crippen LogP contribution in [0.2, 0.25) is 0 Å². The van der Waals surface area contributed by atoms with Crippen molar-refractivity contribution in [2.45, 2.75) is 71.8 Å². The Kier molecular flexibility index (Phi) is 13.9. The Hall–Kier alpha value is -2.12. The van der Waals surface area contributed by atoms with Crippen LogP contribution in [0.5, 0.6) is 0 Å². The molecule has 0 aliphatic heterocycles. The molecule has 0 bridgehead atoms. The summed E-state index contributed by atoms with van der Waals surface area (Å²) in [6.45, 7) is 5.43. The smallest absolute Gasteiger partial charge is 0.306 e. The van der Waals surface area contributed by atoms with E-state index in [1.54, 1.807) is 0 Å². The van der Waals surface area contributed by atoms with E-state index in [1.807, 2.05) is 20.8 Å². The third kappa shape index (κ3) is 13.2. The zero-order chi connectivity index (χ0) is 19.8. The fourth-order valence-electron chi connectivity index (χ4n) is 1.78. The molecule has 0 radical (unpaired) electrons. The maximum Gasteiger partial charge on any atom is 0.306 e. The fraction of sp³-hybridized carbons (Fsp3) is 0.778. The average Bonchev–Trinajstić information content (AvgIpc) is 2.61. The lowest BCUT2D eigenvalue weighted by Crippen LogP contribution is -2.31. The molecule has 0 spiro atoms. The average molecular weight is 374 g/mol. The Labute approximate surface area is 154 Å². The van der Waals surface area contributed by atoms with Gasteiger partial charge in [0.2, 0.25) is 0 Å². The molecule has 150 valence electrons. The van der Waals surface area contributed by atoms with Crippen molar-refractivity contribution >= 4 is 23.9 Å². The Morgan fingerprint density at radius 2 is 1.08 bits per heavy atom. The summed E-state index contributed by atoms with van der Waals surface area (Å²) in [6.07, 6.45) is 1.30. The van der Waals surface area contributed by atoms with Crippen LogP contribution < -0.4 is 0 Å². The summed E-state index contributed by atoms with van der Waals surface area (Å²) >= 11 is 0. The maximum atomic E-state index is 11.9. The summed E-state index contributed by atoms with van der Waals surface area (Å²) in [5.41, 5.74) is 0. The number of hydrogen-bond donors (Lipinski definition) is 0. The largest absolute Gasteiger partial charge is 0.466 e. The Morgan fingerprint density at radius 1 is 0.615 bits per heavy atom. The van der Waals surface area contributed by atoms with Crippen LogP contribution in [0.4, 0.5) is 0 Å². The third-order valence-corrected chi connectivity index (χ3v) is 3.07. The highest BCUT2D eigenvalue weighted by atomic mass is 16.6. The standard InChI is InChI=1S/C18H30O8/c1-4-7-15(19)24-12-14(13-25-16(20)8-5-2)26-18(22)10-9-17(21)23-11-6-3/h14H,4-13H2,1-3H3. The zero-order valence-electron chi connectivity index (χ0n) is 15.9. The van der Waals surface area contributed by atoms with E-state index in [0.29, 0.717) is 25.9 Å². The molecule has 8 nitrogen and oxygen atoms in total. The van der Waals surface area contributed by atoms with E-state index in [0.717, 1.165) is 0 Å². The van der Waals surface area contributed by atoms with Gasteiger partial charge in [-0.2, -0.15) is 0 Å². The molecular weight excluding hydrogens is 344 g/mol. The number of esters is 4. The predicted molar refractivity (Wildman–Crippen MR) is 92.1 cm³/mol. The van der Waals surface area contributed by atoms with Gasteiger partial charge in [0, 0.05) is 12.8 Å². The van der Waals surface area contributed by atoms with Gasteiger partial charge in [0.15, 0.2) is 6.10 Å².